The Bertz CT molecular complexity index is 907. The van der Waals surface area contributed by atoms with Crippen molar-refractivity contribution in [3.8, 4) is 0 Å². The maximum atomic E-state index is 12.5. The normalized spacial score (nSPS) is 18.1. The van der Waals surface area contributed by atoms with Gasteiger partial charge in [-0.05, 0) is 41.5 Å². The Balaban J connectivity index is 1.68. The maximum Gasteiger partial charge on any atom is 0.278 e. The number of carbonyl (C=O) groups excluding carboxylic acids is 1. The minimum absolute atomic E-state index is 0.274. The Morgan fingerprint density at radius 3 is 3.17 bits per heavy atom. The molecular weight excluding hydrogens is 334 g/mol. The standard InChI is InChI=1S/C15H14ClN5O3/c16-11-4-3-5-12-9(11)8-10(14-17-19-20-21(12)14)15(22)18-24-13-6-1-2-7-23-13/h3-5,8,13H,1-2,6-7H2,(H,18,22). The number of carbonyl (C=O) groups is 1. The largest absolute Gasteiger partial charge is 0.350 e. The lowest BCUT2D eigenvalue weighted by Gasteiger charge is -2.22. The summed E-state index contributed by atoms with van der Waals surface area (Å²) in [5, 5.41) is 12.7. The van der Waals surface area contributed by atoms with E-state index in [-0.39, 0.29) is 5.56 Å². The summed E-state index contributed by atoms with van der Waals surface area (Å²) in [6.45, 7) is 0.629. The van der Waals surface area contributed by atoms with Gasteiger partial charge >= 0.3 is 0 Å². The van der Waals surface area contributed by atoms with Crippen LogP contribution in [-0.2, 0) is 9.57 Å². The molecule has 0 radical (unpaired) electrons. The molecule has 1 fully saturated rings. The number of nitrogens with zero attached hydrogens (tertiary/aromatic N) is 4. The monoisotopic (exact) mass is 347 g/mol. The summed E-state index contributed by atoms with van der Waals surface area (Å²) >= 11 is 6.24. The molecule has 3 aromatic rings. The number of halogens is 1. The van der Waals surface area contributed by atoms with Gasteiger partial charge in [-0.25, -0.2) is 10.3 Å². The highest BCUT2D eigenvalue weighted by molar-refractivity contribution is 6.35. The first kappa shape index (κ1) is 15.3. The molecule has 0 saturated carbocycles. The van der Waals surface area contributed by atoms with E-state index < -0.39 is 12.2 Å². The van der Waals surface area contributed by atoms with E-state index in [4.69, 9.17) is 21.2 Å². The molecule has 2 aromatic heterocycles. The number of pyridine rings is 1. The van der Waals surface area contributed by atoms with Crippen molar-refractivity contribution in [2.45, 2.75) is 25.6 Å². The van der Waals surface area contributed by atoms with Crippen molar-refractivity contribution >= 4 is 34.1 Å². The third kappa shape index (κ3) is 2.68. The molecule has 1 unspecified atom stereocenters. The van der Waals surface area contributed by atoms with Crippen LogP contribution in [0.15, 0.2) is 24.3 Å². The molecule has 24 heavy (non-hydrogen) atoms. The van der Waals surface area contributed by atoms with Crippen LogP contribution in [0.3, 0.4) is 0 Å². The fourth-order valence-electron chi connectivity index (χ4n) is 2.72. The average Bonchev–Trinajstić information content (AvgIpc) is 3.10. The van der Waals surface area contributed by atoms with Gasteiger partial charge in [0.25, 0.3) is 5.91 Å². The highest BCUT2D eigenvalue weighted by Crippen LogP contribution is 2.26. The summed E-state index contributed by atoms with van der Waals surface area (Å²) < 4.78 is 6.90. The van der Waals surface area contributed by atoms with Gasteiger partial charge in [0.2, 0.25) is 0 Å². The van der Waals surface area contributed by atoms with E-state index in [0.717, 1.165) is 24.8 Å². The first-order valence-electron chi connectivity index (χ1n) is 7.61. The Hall–Kier alpha value is -2.29. The van der Waals surface area contributed by atoms with Gasteiger partial charge in [-0.2, -0.15) is 4.52 Å². The summed E-state index contributed by atoms with van der Waals surface area (Å²) in [4.78, 5) is 17.8. The molecule has 3 heterocycles. The van der Waals surface area contributed by atoms with Crippen molar-refractivity contribution in [2.75, 3.05) is 6.61 Å². The van der Waals surface area contributed by atoms with E-state index in [0.29, 0.717) is 22.7 Å². The molecule has 0 spiro atoms. The van der Waals surface area contributed by atoms with Gasteiger partial charge in [-0.15, -0.1) is 5.10 Å². The number of hydroxylamine groups is 1. The van der Waals surface area contributed by atoms with Crippen LogP contribution in [0, 0.1) is 0 Å². The van der Waals surface area contributed by atoms with Crippen LogP contribution < -0.4 is 5.48 Å². The van der Waals surface area contributed by atoms with Crippen molar-refractivity contribution in [2.24, 2.45) is 0 Å². The third-order valence-electron chi connectivity index (χ3n) is 3.92. The van der Waals surface area contributed by atoms with Crippen LogP contribution >= 0.6 is 11.6 Å². The predicted octanol–water partition coefficient (Wildman–Crippen LogP) is 2.12. The predicted molar refractivity (Wildman–Crippen MR) is 85.4 cm³/mol. The van der Waals surface area contributed by atoms with E-state index >= 15 is 0 Å². The van der Waals surface area contributed by atoms with Gasteiger partial charge in [-0.1, -0.05) is 17.7 Å². The van der Waals surface area contributed by atoms with Gasteiger partial charge in [0, 0.05) is 23.4 Å². The molecule has 1 aliphatic rings. The molecule has 124 valence electrons. The number of nitrogens with one attached hydrogen (secondary N) is 1. The molecular formula is C15H14ClN5O3. The third-order valence-corrected chi connectivity index (χ3v) is 4.25. The Morgan fingerprint density at radius 1 is 1.42 bits per heavy atom. The summed E-state index contributed by atoms with van der Waals surface area (Å²) in [5.41, 5.74) is 3.74. The fourth-order valence-corrected chi connectivity index (χ4v) is 2.95. The van der Waals surface area contributed by atoms with Gasteiger partial charge in [0.15, 0.2) is 11.9 Å². The van der Waals surface area contributed by atoms with Crippen molar-refractivity contribution < 1.29 is 14.4 Å². The molecule has 1 aromatic carbocycles. The van der Waals surface area contributed by atoms with Crippen LogP contribution in [0.5, 0.6) is 0 Å². The van der Waals surface area contributed by atoms with Gasteiger partial charge in [0.1, 0.15) is 0 Å². The highest BCUT2D eigenvalue weighted by atomic mass is 35.5. The molecule has 4 rings (SSSR count). The molecule has 0 aliphatic carbocycles. The van der Waals surface area contributed by atoms with Crippen LogP contribution in [-0.4, -0.2) is 38.8 Å². The van der Waals surface area contributed by atoms with Crippen molar-refractivity contribution in [1.29, 1.82) is 0 Å². The van der Waals surface area contributed by atoms with Gasteiger partial charge in [-0.3, -0.25) is 4.79 Å². The van der Waals surface area contributed by atoms with Crippen LogP contribution in [0.4, 0.5) is 0 Å². The fraction of sp³-hybridized carbons (Fsp3) is 0.333. The number of hydrogen-bond donors (Lipinski definition) is 1. The Morgan fingerprint density at radius 2 is 2.33 bits per heavy atom. The molecule has 1 saturated heterocycles. The lowest BCUT2D eigenvalue weighted by atomic mass is 10.1. The lowest BCUT2D eigenvalue weighted by Crippen LogP contribution is -2.33. The highest BCUT2D eigenvalue weighted by Gasteiger charge is 2.20. The molecule has 0 bridgehead atoms. The van der Waals surface area contributed by atoms with Crippen LogP contribution in [0.2, 0.25) is 5.02 Å². The topological polar surface area (TPSA) is 90.6 Å². The number of ether oxygens (including phenoxy) is 1. The zero-order valence-electron chi connectivity index (χ0n) is 12.6. The number of hydrogen-bond acceptors (Lipinski definition) is 6. The second kappa shape index (κ2) is 6.31. The van der Waals surface area contributed by atoms with E-state index in [1.807, 2.05) is 6.07 Å². The van der Waals surface area contributed by atoms with Crippen molar-refractivity contribution in [3.63, 3.8) is 0 Å². The smallest absolute Gasteiger partial charge is 0.278 e. The minimum Gasteiger partial charge on any atom is -0.350 e. The van der Waals surface area contributed by atoms with Gasteiger partial charge < -0.3 is 4.74 Å². The summed E-state index contributed by atoms with van der Waals surface area (Å²) in [5.74, 6) is -0.453. The lowest BCUT2D eigenvalue weighted by molar-refractivity contribution is -0.186. The number of aromatic nitrogens is 4. The molecule has 9 heteroatoms. The van der Waals surface area contributed by atoms with E-state index in [9.17, 15) is 4.79 Å². The number of benzene rings is 1. The first-order valence-corrected chi connectivity index (χ1v) is 7.99. The summed E-state index contributed by atoms with van der Waals surface area (Å²) in [6.07, 6.45) is 2.32. The Labute approximate surface area is 141 Å². The zero-order chi connectivity index (χ0) is 16.5. The van der Waals surface area contributed by atoms with E-state index in [1.165, 1.54) is 4.52 Å². The number of fused-ring (bicyclic) bond motifs is 3. The second-order valence-corrected chi connectivity index (χ2v) is 5.90. The molecule has 1 aliphatic heterocycles. The Kier molecular flexibility index (Phi) is 4.01. The molecule has 1 atom stereocenters. The van der Waals surface area contributed by atoms with E-state index in [1.54, 1.807) is 18.2 Å². The van der Waals surface area contributed by atoms with Crippen LogP contribution in [0.1, 0.15) is 29.6 Å². The van der Waals surface area contributed by atoms with Crippen molar-refractivity contribution in [3.05, 3.63) is 34.9 Å². The summed E-state index contributed by atoms with van der Waals surface area (Å²) in [7, 11) is 0. The molecule has 1 amide bonds. The summed E-state index contributed by atoms with van der Waals surface area (Å²) in [6, 6.07) is 7.03. The molecule has 8 nitrogen and oxygen atoms in total. The maximum absolute atomic E-state index is 12.5. The van der Waals surface area contributed by atoms with Gasteiger partial charge in [0.05, 0.1) is 11.1 Å². The van der Waals surface area contributed by atoms with Crippen molar-refractivity contribution in [1.82, 2.24) is 25.5 Å². The first-order chi connectivity index (χ1) is 11.7. The minimum atomic E-state index is -0.453. The second-order valence-electron chi connectivity index (χ2n) is 5.49. The SMILES string of the molecule is O=C(NOC1CCCCO1)c1cc2c(Cl)cccc2n2nnnc12. The number of rotatable bonds is 3. The number of amides is 1. The number of tetrazole rings is 1. The van der Waals surface area contributed by atoms with E-state index in [2.05, 4.69) is 21.0 Å². The average molecular weight is 348 g/mol. The quantitative estimate of drug-likeness (QED) is 0.730. The van der Waals surface area contributed by atoms with Crippen LogP contribution in [0.25, 0.3) is 16.6 Å². The molecule has 1 N–H and O–H groups in total. The zero-order valence-corrected chi connectivity index (χ0v) is 13.4.